The Morgan fingerprint density at radius 3 is 2.40 bits per heavy atom. The molecule has 1 N–H and O–H groups in total. The lowest BCUT2D eigenvalue weighted by Gasteiger charge is -2.41. The molecule has 0 radical (unpaired) electrons. The average Bonchev–Trinajstić information content (AvgIpc) is 2.59. The van der Waals surface area contributed by atoms with Crippen LogP contribution in [0.1, 0.15) is 32.1 Å². The molecule has 1 aliphatic carbocycles. The van der Waals surface area contributed by atoms with E-state index < -0.39 is 10.0 Å². The molecule has 1 aromatic rings. The summed E-state index contributed by atoms with van der Waals surface area (Å²) >= 11 is 0. The van der Waals surface area contributed by atoms with Crippen LogP contribution in [0.15, 0.2) is 35.2 Å². The maximum atomic E-state index is 12.6. The molecular formula is C18H26N2O4S. The van der Waals surface area contributed by atoms with Gasteiger partial charge in [-0.2, -0.15) is 4.31 Å². The summed E-state index contributed by atoms with van der Waals surface area (Å²) in [6.45, 7) is 1.32. The minimum absolute atomic E-state index is 0.0315. The normalized spacial score (nSPS) is 21.5. The average molecular weight is 366 g/mol. The zero-order valence-electron chi connectivity index (χ0n) is 14.6. The standard InChI is InChI=1S/C18H26N2O4S/c1-24-14-18(10-5-11-18)17(21)19-15-8-12-20(13-9-15)25(22,23)16-6-3-2-4-7-16/h2-4,6-7,15H,5,8-14H2,1H3,(H,19,21). The summed E-state index contributed by atoms with van der Waals surface area (Å²) in [5.41, 5.74) is -0.373. The molecule has 6 nitrogen and oxygen atoms in total. The van der Waals surface area contributed by atoms with Gasteiger partial charge in [0, 0.05) is 26.2 Å². The maximum Gasteiger partial charge on any atom is 0.243 e. The van der Waals surface area contributed by atoms with E-state index in [0.29, 0.717) is 37.4 Å². The molecule has 7 heteroatoms. The van der Waals surface area contributed by atoms with Gasteiger partial charge in [-0.05, 0) is 37.8 Å². The largest absolute Gasteiger partial charge is 0.384 e. The molecule has 1 saturated carbocycles. The van der Waals surface area contributed by atoms with Crippen molar-refractivity contribution < 1.29 is 17.9 Å². The summed E-state index contributed by atoms with van der Waals surface area (Å²) in [5.74, 6) is 0.0602. The minimum atomic E-state index is -3.44. The lowest BCUT2D eigenvalue weighted by molar-refractivity contribution is -0.141. The molecule has 25 heavy (non-hydrogen) atoms. The molecule has 0 unspecified atom stereocenters. The van der Waals surface area contributed by atoms with Crippen LogP contribution in [0.2, 0.25) is 0 Å². The number of methoxy groups -OCH3 is 1. The van der Waals surface area contributed by atoms with Crippen LogP contribution in [0.25, 0.3) is 0 Å². The number of hydrogen-bond acceptors (Lipinski definition) is 4. The molecule has 1 saturated heterocycles. The van der Waals surface area contributed by atoms with Crippen molar-refractivity contribution in [2.75, 3.05) is 26.8 Å². The van der Waals surface area contributed by atoms with Crippen LogP contribution in [-0.2, 0) is 19.6 Å². The summed E-state index contributed by atoms with van der Waals surface area (Å²) in [7, 11) is -1.82. The fourth-order valence-corrected chi connectivity index (χ4v) is 5.13. The summed E-state index contributed by atoms with van der Waals surface area (Å²) in [5, 5.41) is 3.12. The molecule has 1 heterocycles. The number of nitrogens with zero attached hydrogens (tertiary/aromatic N) is 1. The number of rotatable bonds is 6. The Morgan fingerprint density at radius 2 is 1.88 bits per heavy atom. The van der Waals surface area contributed by atoms with E-state index in [1.54, 1.807) is 37.4 Å². The maximum absolute atomic E-state index is 12.6. The lowest BCUT2D eigenvalue weighted by atomic mass is 9.68. The first-order chi connectivity index (χ1) is 12.0. The monoisotopic (exact) mass is 366 g/mol. The number of hydrogen-bond donors (Lipinski definition) is 1. The summed E-state index contributed by atoms with van der Waals surface area (Å²) in [4.78, 5) is 12.9. The van der Waals surface area contributed by atoms with E-state index in [-0.39, 0.29) is 17.4 Å². The smallest absolute Gasteiger partial charge is 0.243 e. The van der Waals surface area contributed by atoms with Crippen LogP contribution in [0, 0.1) is 5.41 Å². The second-order valence-corrected chi connectivity index (χ2v) is 8.97. The van der Waals surface area contributed by atoms with E-state index in [1.165, 1.54) is 4.31 Å². The predicted molar refractivity (Wildman–Crippen MR) is 94.5 cm³/mol. The molecule has 1 aliphatic heterocycles. The van der Waals surface area contributed by atoms with Crippen LogP contribution in [0.4, 0.5) is 0 Å². The molecule has 2 fully saturated rings. The van der Waals surface area contributed by atoms with E-state index in [1.807, 2.05) is 0 Å². The Labute approximate surface area is 149 Å². The third kappa shape index (κ3) is 3.73. The topological polar surface area (TPSA) is 75.7 Å². The van der Waals surface area contributed by atoms with Crippen LogP contribution in [0.5, 0.6) is 0 Å². The number of sulfonamides is 1. The molecule has 0 bridgehead atoms. The van der Waals surface area contributed by atoms with Crippen LogP contribution in [0.3, 0.4) is 0 Å². The Balaban J connectivity index is 1.56. The fourth-order valence-electron chi connectivity index (χ4n) is 3.64. The van der Waals surface area contributed by atoms with Gasteiger partial charge in [0.05, 0.1) is 16.9 Å². The van der Waals surface area contributed by atoms with Gasteiger partial charge in [-0.3, -0.25) is 4.79 Å². The van der Waals surface area contributed by atoms with E-state index in [4.69, 9.17) is 4.74 Å². The minimum Gasteiger partial charge on any atom is -0.384 e. The SMILES string of the molecule is COCC1(C(=O)NC2CCN(S(=O)(=O)c3ccccc3)CC2)CCC1. The fraction of sp³-hybridized carbons (Fsp3) is 0.611. The first kappa shape index (κ1) is 18.4. The number of piperidine rings is 1. The number of ether oxygens (including phenoxy) is 1. The van der Waals surface area contributed by atoms with Crippen molar-refractivity contribution in [3.8, 4) is 0 Å². The van der Waals surface area contributed by atoms with E-state index >= 15 is 0 Å². The molecule has 1 amide bonds. The molecule has 0 aromatic heterocycles. The Kier molecular flexibility index (Phi) is 5.46. The lowest BCUT2D eigenvalue weighted by Crippen LogP contribution is -2.54. The van der Waals surface area contributed by atoms with E-state index in [2.05, 4.69) is 5.32 Å². The Morgan fingerprint density at radius 1 is 1.24 bits per heavy atom. The number of benzene rings is 1. The van der Waals surface area contributed by atoms with Crippen LogP contribution < -0.4 is 5.32 Å². The van der Waals surface area contributed by atoms with Crippen molar-refractivity contribution >= 4 is 15.9 Å². The quantitative estimate of drug-likeness (QED) is 0.833. The van der Waals surface area contributed by atoms with Crippen molar-refractivity contribution in [3.05, 3.63) is 30.3 Å². The first-order valence-corrected chi connectivity index (χ1v) is 10.3. The molecule has 0 atom stereocenters. The van der Waals surface area contributed by atoms with Gasteiger partial charge in [0.15, 0.2) is 0 Å². The molecule has 3 rings (SSSR count). The number of nitrogens with one attached hydrogen (secondary N) is 1. The first-order valence-electron chi connectivity index (χ1n) is 8.83. The highest BCUT2D eigenvalue weighted by Crippen LogP contribution is 2.41. The molecule has 1 aromatic carbocycles. The van der Waals surface area contributed by atoms with Crippen LogP contribution in [-0.4, -0.2) is 51.5 Å². The molecular weight excluding hydrogens is 340 g/mol. The van der Waals surface area contributed by atoms with E-state index in [9.17, 15) is 13.2 Å². The van der Waals surface area contributed by atoms with Gasteiger partial charge in [-0.15, -0.1) is 0 Å². The Hall–Kier alpha value is -1.44. The predicted octanol–water partition coefficient (Wildman–Crippen LogP) is 1.77. The summed E-state index contributed by atoms with van der Waals surface area (Å²) in [6.07, 6.45) is 4.08. The zero-order valence-corrected chi connectivity index (χ0v) is 15.4. The van der Waals surface area contributed by atoms with Crippen LogP contribution >= 0.6 is 0 Å². The molecule has 138 valence electrons. The highest BCUT2D eigenvalue weighted by molar-refractivity contribution is 7.89. The van der Waals surface area contributed by atoms with Gasteiger partial charge in [0.2, 0.25) is 15.9 Å². The zero-order chi connectivity index (χ0) is 17.9. The number of amides is 1. The van der Waals surface area contributed by atoms with Gasteiger partial charge in [-0.1, -0.05) is 24.6 Å². The second-order valence-electron chi connectivity index (χ2n) is 7.03. The number of carbonyl (C=O) groups excluding carboxylic acids is 1. The van der Waals surface area contributed by atoms with Gasteiger partial charge in [0.25, 0.3) is 0 Å². The third-order valence-electron chi connectivity index (χ3n) is 5.38. The third-order valence-corrected chi connectivity index (χ3v) is 7.30. The van der Waals surface area contributed by atoms with E-state index in [0.717, 1.165) is 19.3 Å². The van der Waals surface area contributed by atoms with Gasteiger partial charge < -0.3 is 10.1 Å². The highest BCUT2D eigenvalue weighted by Gasteiger charge is 2.45. The van der Waals surface area contributed by atoms with Gasteiger partial charge in [-0.25, -0.2) is 8.42 Å². The summed E-state index contributed by atoms with van der Waals surface area (Å²) < 4.78 is 32.0. The van der Waals surface area contributed by atoms with Crippen molar-refractivity contribution in [2.45, 2.75) is 43.0 Å². The van der Waals surface area contributed by atoms with Crippen molar-refractivity contribution in [3.63, 3.8) is 0 Å². The summed E-state index contributed by atoms with van der Waals surface area (Å²) in [6, 6.07) is 8.53. The molecule has 0 spiro atoms. The number of carbonyl (C=O) groups is 1. The molecule has 2 aliphatic rings. The van der Waals surface area contributed by atoms with Gasteiger partial charge in [0.1, 0.15) is 0 Å². The Bertz CT molecular complexity index is 693. The van der Waals surface area contributed by atoms with Gasteiger partial charge >= 0.3 is 0 Å². The van der Waals surface area contributed by atoms with Crippen molar-refractivity contribution in [1.82, 2.24) is 9.62 Å². The highest BCUT2D eigenvalue weighted by atomic mass is 32.2. The van der Waals surface area contributed by atoms with Crippen molar-refractivity contribution in [2.24, 2.45) is 5.41 Å². The second kappa shape index (κ2) is 7.43. The van der Waals surface area contributed by atoms with Crippen molar-refractivity contribution in [1.29, 1.82) is 0 Å².